The Morgan fingerprint density at radius 3 is 0.586 bits per heavy atom. The fraction of sp³-hybridized carbons (Fsp3) is 0.784. The Kier molecular flexibility index (Phi) is 40.5. The Hall–Kier alpha value is -8.88. The molecule has 5 saturated heterocycles. The number of carbonyl (C=O) groups is 16. The van der Waals surface area contributed by atoms with Crippen molar-refractivity contribution in [2.24, 2.45) is 0 Å². The Balaban J connectivity index is 1.82. The second kappa shape index (κ2) is 48.1. The molecule has 0 spiro atoms. The van der Waals surface area contributed by atoms with Gasteiger partial charge in [0.1, 0.15) is 88.0 Å². The van der Waals surface area contributed by atoms with Crippen LogP contribution in [0.3, 0.4) is 0 Å². The highest BCUT2D eigenvalue weighted by Crippen LogP contribution is 2.42. The first-order valence-electron chi connectivity index (χ1n) is 37.8. The molecule has 42 nitrogen and oxygen atoms in total. The Morgan fingerprint density at radius 2 is 0.371 bits per heavy atom. The molecular weight excluding hydrogens is 1560 g/mol. The SMILES string of the molecule is CCCCCCCCCCCCO[C@H]1O[C@H](COC(C)=O)[C@@H](OC(C)=O)[C@H](O[C@@H]2O[C@H](COC(C)=O)[C@@H](OC(C)=O)[C@H](O[C@@H]3O[C@H](COC(C)=O)[C@@H](OC(C)=O)[C@H](O[C@@H]4O[C@H](COC(C)=O)[C@@H](OC(C)=O)[C@H](O[C@@H]5O[C@H](COC(C)=O)[C@@H](OC(C)=O)[C@H](OC(C)=O)[C@H]5OC(C)=O)[C@H]4OC(C)=O)[C@H]3OC(C)=O)[C@H]2OC(C)=O)[C@H]1OC(C)=O. The molecule has 0 aliphatic carbocycles. The summed E-state index contributed by atoms with van der Waals surface area (Å²) in [7, 11) is 0. The minimum absolute atomic E-state index is 0.0552. The topological polar surface area (TPSA) is 513 Å². The van der Waals surface area contributed by atoms with Crippen LogP contribution >= 0.6 is 0 Å². The van der Waals surface area contributed by atoms with Crippen molar-refractivity contribution in [2.75, 3.05) is 39.6 Å². The van der Waals surface area contributed by atoms with Gasteiger partial charge in [0.25, 0.3) is 0 Å². The van der Waals surface area contributed by atoms with Crippen LogP contribution in [0, 0.1) is 0 Å². The average molecular weight is 1670 g/mol. The summed E-state index contributed by atoms with van der Waals surface area (Å²) in [4.78, 5) is 212. The molecule has 0 aromatic rings. The van der Waals surface area contributed by atoms with Gasteiger partial charge in [-0.2, -0.15) is 0 Å². The van der Waals surface area contributed by atoms with E-state index in [1.54, 1.807) is 0 Å². The van der Waals surface area contributed by atoms with Crippen LogP contribution in [-0.4, -0.2) is 289 Å². The largest absolute Gasteiger partial charge is 0.463 e. The zero-order valence-corrected chi connectivity index (χ0v) is 67.9. The molecule has 0 aromatic heterocycles. The van der Waals surface area contributed by atoms with E-state index in [0.29, 0.717) is 12.8 Å². The molecule has 116 heavy (non-hydrogen) atoms. The van der Waals surface area contributed by atoms with Crippen molar-refractivity contribution in [3.63, 3.8) is 0 Å². The number of esters is 16. The quantitative estimate of drug-likeness (QED) is 0.0481. The highest BCUT2D eigenvalue weighted by Gasteiger charge is 2.63. The van der Waals surface area contributed by atoms with E-state index in [2.05, 4.69) is 6.92 Å². The second-order valence-corrected chi connectivity index (χ2v) is 27.5. The van der Waals surface area contributed by atoms with E-state index < -0.39 is 282 Å². The molecule has 5 aliphatic heterocycles. The van der Waals surface area contributed by atoms with Crippen LogP contribution in [-0.2, 0) is 200 Å². The van der Waals surface area contributed by atoms with E-state index in [9.17, 15) is 76.7 Å². The third kappa shape index (κ3) is 31.9. The monoisotopic (exact) mass is 1670 g/mol. The summed E-state index contributed by atoms with van der Waals surface area (Å²) in [5, 5.41) is 0. The summed E-state index contributed by atoms with van der Waals surface area (Å²) in [5.74, 6) is -17.3. The van der Waals surface area contributed by atoms with E-state index in [-0.39, 0.29) is 6.61 Å². The van der Waals surface area contributed by atoms with Crippen LogP contribution in [0.4, 0.5) is 0 Å². The molecule has 25 atom stereocenters. The van der Waals surface area contributed by atoms with Gasteiger partial charge in [0.05, 0.1) is 0 Å². The van der Waals surface area contributed by atoms with Crippen LogP contribution in [0.2, 0.25) is 0 Å². The van der Waals surface area contributed by atoms with Crippen LogP contribution in [0.15, 0.2) is 0 Å². The molecular formula is C74H108O42. The molecule has 5 fully saturated rings. The first kappa shape index (κ1) is 97.7. The van der Waals surface area contributed by atoms with Crippen LogP contribution < -0.4 is 0 Å². The summed E-state index contributed by atoms with van der Waals surface area (Å²) < 4.78 is 157. The van der Waals surface area contributed by atoms with Gasteiger partial charge in [0.2, 0.25) is 0 Å². The number of ether oxygens (including phenoxy) is 26. The van der Waals surface area contributed by atoms with Gasteiger partial charge in [0.15, 0.2) is 98.6 Å². The van der Waals surface area contributed by atoms with Gasteiger partial charge in [-0.05, 0) is 6.42 Å². The summed E-state index contributed by atoms with van der Waals surface area (Å²) in [6.07, 6.45) is -42.3. The van der Waals surface area contributed by atoms with Gasteiger partial charge in [0, 0.05) is 117 Å². The summed E-state index contributed by atoms with van der Waals surface area (Å²) in [6, 6.07) is 0. The maximum absolute atomic E-state index is 14.0. The summed E-state index contributed by atoms with van der Waals surface area (Å²) in [6.45, 7) is 12.5. The molecule has 0 radical (unpaired) electrons. The molecule has 0 N–H and O–H groups in total. The van der Waals surface area contributed by atoms with Crippen LogP contribution in [0.1, 0.15) is 182 Å². The number of unbranched alkanes of at least 4 members (excludes halogenated alkanes) is 9. The first-order valence-corrected chi connectivity index (χ1v) is 37.8. The van der Waals surface area contributed by atoms with E-state index in [4.69, 9.17) is 123 Å². The molecule has 0 saturated carbocycles. The molecule has 0 bridgehead atoms. The fourth-order valence-electron chi connectivity index (χ4n) is 13.2. The number of rotatable bonds is 41. The third-order valence-corrected chi connectivity index (χ3v) is 17.5. The van der Waals surface area contributed by atoms with Crippen molar-refractivity contribution >= 4 is 95.5 Å². The zero-order valence-electron chi connectivity index (χ0n) is 67.9. The molecule has 0 amide bonds. The zero-order chi connectivity index (χ0) is 86.4. The minimum atomic E-state index is -2.45. The lowest BCUT2D eigenvalue weighted by Gasteiger charge is -2.52. The second-order valence-electron chi connectivity index (χ2n) is 27.5. The minimum Gasteiger partial charge on any atom is -0.463 e. The summed E-state index contributed by atoms with van der Waals surface area (Å²) in [5.41, 5.74) is 0. The smallest absolute Gasteiger partial charge is 0.303 e. The van der Waals surface area contributed by atoms with E-state index in [0.717, 1.165) is 162 Å². The highest BCUT2D eigenvalue weighted by molar-refractivity contribution is 5.72. The van der Waals surface area contributed by atoms with Gasteiger partial charge in [-0.1, -0.05) is 64.7 Å². The van der Waals surface area contributed by atoms with Crippen LogP contribution in [0.25, 0.3) is 0 Å². The van der Waals surface area contributed by atoms with Crippen molar-refractivity contribution in [3.05, 3.63) is 0 Å². The number of hydrogen-bond donors (Lipinski definition) is 0. The number of hydrogen-bond acceptors (Lipinski definition) is 42. The summed E-state index contributed by atoms with van der Waals surface area (Å²) >= 11 is 0. The van der Waals surface area contributed by atoms with E-state index >= 15 is 0 Å². The standard InChI is InChI=1S/C74H108O42/c1-18-19-20-21-22-23-24-25-26-27-28-91-70-65(103-45(13)86)61(56(98-40(8)81)50(108-70)29-92-34(2)75)113-72-67(105-47(15)88)63(58(100-42(10)83)52(110-72)31-94-36(4)77)115-74-69(107-49(17)90)64(59(101-43(11)84)54(112-74)33-96-38(6)79)116-73-68(106-48(16)89)62(57(99-41(9)82)53(111-73)32-95-37(5)78)114-71-66(104-46(14)87)60(102-44(12)85)55(97-39(7)80)51(109-71)30-93-35(3)76/h50-74H,18-33H2,1-17H3/t50-,51-,52-,53-,54-,55-,56-,57-,58-,59-,60+,61+,62+,63+,64+,65-,66-,67-,68-,69-,70+,71+,72+,73+,74+/m1/s1. The van der Waals surface area contributed by atoms with Crippen molar-refractivity contribution in [1.29, 1.82) is 0 Å². The normalized spacial score (nSPS) is 30.8. The van der Waals surface area contributed by atoms with Gasteiger partial charge in [-0.25, -0.2) is 0 Å². The molecule has 5 aliphatic rings. The third-order valence-electron chi connectivity index (χ3n) is 17.5. The van der Waals surface area contributed by atoms with Gasteiger partial charge in [-0.3, -0.25) is 76.7 Å². The average Bonchev–Trinajstić information content (AvgIpc) is 0.753. The van der Waals surface area contributed by atoms with Crippen molar-refractivity contribution < 1.29 is 200 Å². The lowest BCUT2D eigenvalue weighted by atomic mass is 9.94. The molecule has 656 valence electrons. The fourth-order valence-corrected chi connectivity index (χ4v) is 13.2. The maximum Gasteiger partial charge on any atom is 0.303 e. The first-order chi connectivity index (χ1) is 54.7. The van der Waals surface area contributed by atoms with Gasteiger partial charge < -0.3 is 123 Å². The molecule has 0 unspecified atom stereocenters. The Labute approximate surface area is 668 Å². The predicted octanol–water partition coefficient (Wildman–Crippen LogP) is 2.15. The van der Waals surface area contributed by atoms with Crippen molar-refractivity contribution in [1.82, 2.24) is 0 Å². The van der Waals surface area contributed by atoms with Crippen molar-refractivity contribution in [3.8, 4) is 0 Å². The van der Waals surface area contributed by atoms with E-state index in [1.807, 2.05) is 0 Å². The van der Waals surface area contributed by atoms with Gasteiger partial charge >= 0.3 is 95.5 Å². The van der Waals surface area contributed by atoms with E-state index in [1.165, 1.54) is 0 Å². The number of carbonyl (C=O) groups excluding carboxylic acids is 16. The Morgan fingerprint density at radius 1 is 0.198 bits per heavy atom. The predicted molar refractivity (Wildman–Crippen MR) is 375 cm³/mol. The molecule has 0 aromatic carbocycles. The van der Waals surface area contributed by atoms with Gasteiger partial charge in [-0.15, -0.1) is 0 Å². The lowest BCUT2D eigenvalue weighted by molar-refractivity contribution is -0.395. The molecule has 5 heterocycles. The van der Waals surface area contributed by atoms with Crippen LogP contribution in [0.5, 0.6) is 0 Å². The maximum atomic E-state index is 14.0. The molecule has 42 heteroatoms. The van der Waals surface area contributed by atoms with Crippen molar-refractivity contribution in [2.45, 2.75) is 335 Å². The molecule has 5 rings (SSSR count). The highest BCUT2D eigenvalue weighted by atomic mass is 16.8. The Bertz CT molecular complexity index is 3340. The lowest BCUT2D eigenvalue weighted by Crippen LogP contribution is -2.70.